The van der Waals surface area contributed by atoms with Crippen molar-refractivity contribution in [3.05, 3.63) is 0 Å². The van der Waals surface area contributed by atoms with Crippen molar-refractivity contribution in [2.45, 2.75) is 44.9 Å². The van der Waals surface area contributed by atoms with E-state index in [1.165, 1.54) is 6.42 Å². The second kappa shape index (κ2) is 6.99. The zero-order valence-electron chi connectivity index (χ0n) is 14.1. The van der Waals surface area contributed by atoms with E-state index in [-0.39, 0.29) is 17.9 Å². The fourth-order valence-corrected chi connectivity index (χ4v) is 4.48. The van der Waals surface area contributed by atoms with Crippen molar-refractivity contribution < 1.29 is 19.5 Å². The van der Waals surface area contributed by atoms with Crippen LogP contribution in [0.3, 0.4) is 0 Å². The van der Waals surface area contributed by atoms with Gasteiger partial charge in [0, 0.05) is 39.1 Å². The van der Waals surface area contributed by atoms with E-state index in [1.54, 1.807) is 4.90 Å². The number of piperidine rings is 1. The monoisotopic (exact) mass is 337 g/mol. The van der Waals surface area contributed by atoms with E-state index in [2.05, 4.69) is 5.32 Å². The van der Waals surface area contributed by atoms with Gasteiger partial charge in [0.25, 0.3) is 0 Å². The second-order valence-corrected chi connectivity index (χ2v) is 7.35. The molecule has 24 heavy (non-hydrogen) atoms. The molecule has 0 bridgehead atoms. The third-order valence-corrected chi connectivity index (χ3v) is 5.91. The van der Waals surface area contributed by atoms with Gasteiger partial charge in [-0.1, -0.05) is 6.42 Å². The topological polar surface area (TPSA) is 90.0 Å². The number of nitrogens with one attached hydrogen (secondary N) is 1. The molecule has 2 atom stereocenters. The molecule has 7 nitrogen and oxygen atoms in total. The molecule has 2 N–H and O–H groups in total. The molecule has 3 amide bonds. The average Bonchev–Trinajstić information content (AvgIpc) is 3.13. The van der Waals surface area contributed by atoms with Crippen molar-refractivity contribution in [2.75, 3.05) is 32.7 Å². The first-order valence-electron chi connectivity index (χ1n) is 9.07. The van der Waals surface area contributed by atoms with Gasteiger partial charge in [-0.3, -0.25) is 9.59 Å². The molecule has 1 aliphatic carbocycles. The van der Waals surface area contributed by atoms with Crippen LogP contribution in [0.25, 0.3) is 0 Å². The largest absolute Gasteiger partial charge is 0.481 e. The Morgan fingerprint density at radius 3 is 2.50 bits per heavy atom. The first kappa shape index (κ1) is 17.0. The molecule has 3 rings (SSSR count). The van der Waals surface area contributed by atoms with Crippen LogP contribution in [0.4, 0.5) is 4.79 Å². The molecule has 0 aromatic heterocycles. The van der Waals surface area contributed by atoms with Crippen LogP contribution in [0, 0.1) is 11.3 Å². The zero-order valence-corrected chi connectivity index (χ0v) is 14.1. The summed E-state index contributed by atoms with van der Waals surface area (Å²) in [5.74, 6) is -0.619. The van der Waals surface area contributed by atoms with Gasteiger partial charge in [-0.25, -0.2) is 4.79 Å². The highest BCUT2D eigenvalue weighted by atomic mass is 16.4. The van der Waals surface area contributed by atoms with Gasteiger partial charge in [-0.05, 0) is 38.0 Å². The minimum atomic E-state index is -0.777. The minimum absolute atomic E-state index is 0.0655. The normalized spacial score (nSPS) is 29.4. The first-order valence-corrected chi connectivity index (χ1v) is 9.07. The molecule has 134 valence electrons. The number of amides is 3. The van der Waals surface area contributed by atoms with Crippen molar-refractivity contribution in [2.24, 2.45) is 11.3 Å². The van der Waals surface area contributed by atoms with E-state index in [9.17, 15) is 19.5 Å². The maximum atomic E-state index is 12.3. The molecule has 2 saturated heterocycles. The molecular formula is C17H27N3O4. The number of hydrogen-bond acceptors (Lipinski definition) is 3. The predicted molar refractivity (Wildman–Crippen MR) is 87.4 cm³/mol. The standard InChI is InChI=1S/C17H27N3O4/c21-14(19-9-2-1-3-10-19)6-8-18-16(24)20-11-13-5-4-7-17(13,12-20)15(22)23/h13H,1-12H2,(H,18,24)(H,22,23)/t13-,17+/m0/s1. The summed E-state index contributed by atoms with van der Waals surface area (Å²) >= 11 is 0. The first-order chi connectivity index (χ1) is 11.5. The van der Waals surface area contributed by atoms with Crippen LogP contribution >= 0.6 is 0 Å². The lowest BCUT2D eigenvalue weighted by Gasteiger charge is -2.27. The Kier molecular flexibility index (Phi) is 4.96. The molecule has 3 aliphatic rings. The summed E-state index contributed by atoms with van der Waals surface area (Å²) in [6.45, 7) is 2.76. The van der Waals surface area contributed by atoms with Gasteiger partial charge in [0.2, 0.25) is 5.91 Å². The molecule has 2 aliphatic heterocycles. The van der Waals surface area contributed by atoms with Crippen molar-refractivity contribution in [3.8, 4) is 0 Å². The maximum absolute atomic E-state index is 12.3. The van der Waals surface area contributed by atoms with Gasteiger partial charge in [-0.2, -0.15) is 0 Å². The lowest BCUT2D eigenvalue weighted by Crippen LogP contribution is -2.43. The summed E-state index contributed by atoms with van der Waals surface area (Å²) in [6.07, 6.45) is 6.08. The summed E-state index contributed by atoms with van der Waals surface area (Å²) in [7, 11) is 0. The van der Waals surface area contributed by atoms with Gasteiger partial charge in [0.1, 0.15) is 0 Å². The Hall–Kier alpha value is -1.79. The fourth-order valence-electron chi connectivity index (χ4n) is 4.48. The lowest BCUT2D eigenvalue weighted by molar-refractivity contribution is -0.149. The number of carbonyl (C=O) groups is 3. The summed E-state index contributed by atoms with van der Waals surface area (Å²) in [5, 5.41) is 12.3. The van der Waals surface area contributed by atoms with Gasteiger partial charge in [0.15, 0.2) is 0 Å². The number of carboxylic acid groups (broad SMARTS) is 1. The molecular weight excluding hydrogens is 310 g/mol. The Morgan fingerprint density at radius 1 is 1.08 bits per heavy atom. The molecule has 0 spiro atoms. The van der Waals surface area contributed by atoms with Crippen LogP contribution in [0.15, 0.2) is 0 Å². The second-order valence-electron chi connectivity index (χ2n) is 7.35. The van der Waals surface area contributed by atoms with Crippen LogP contribution in [0.5, 0.6) is 0 Å². The number of fused-ring (bicyclic) bond motifs is 1. The van der Waals surface area contributed by atoms with Crippen molar-refractivity contribution in [1.82, 2.24) is 15.1 Å². The number of nitrogens with zero attached hydrogens (tertiary/aromatic N) is 2. The Morgan fingerprint density at radius 2 is 1.83 bits per heavy atom. The highest BCUT2D eigenvalue weighted by Crippen LogP contribution is 2.48. The molecule has 1 saturated carbocycles. The molecule has 0 radical (unpaired) electrons. The quantitative estimate of drug-likeness (QED) is 0.809. The highest BCUT2D eigenvalue weighted by molar-refractivity contribution is 5.81. The minimum Gasteiger partial charge on any atom is -0.481 e. The van der Waals surface area contributed by atoms with Crippen LogP contribution in [0.1, 0.15) is 44.9 Å². The molecule has 2 heterocycles. The van der Waals surface area contributed by atoms with E-state index < -0.39 is 11.4 Å². The fraction of sp³-hybridized carbons (Fsp3) is 0.824. The number of rotatable bonds is 4. The Labute approximate surface area is 142 Å². The molecule has 0 aromatic rings. The number of carbonyl (C=O) groups excluding carboxylic acids is 2. The van der Waals surface area contributed by atoms with E-state index in [4.69, 9.17) is 0 Å². The number of aliphatic carboxylic acids is 1. The smallest absolute Gasteiger partial charge is 0.317 e. The third-order valence-electron chi connectivity index (χ3n) is 5.91. The van der Waals surface area contributed by atoms with Crippen LogP contribution in [0.2, 0.25) is 0 Å². The molecule has 0 aromatic carbocycles. The van der Waals surface area contributed by atoms with E-state index in [1.807, 2.05) is 4.90 Å². The molecule has 7 heteroatoms. The van der Waals surface area contributed by atoms with E-state index >= 15 is 0 Å². The van der Waals surface area contributed by atoms with E-state index in [0.717, 1.165) is 38.8 Å². The van der Waals surface area contributed by atoms with Gasteiger partial charge >= 0.3 is 12.0 Å². The predicted octanol–water partition coefficient (Wildman–Crippen LogP) is 1.29. The lowest BCUT2D eigenvalue weighted by atomic mass is 9.81. The average molecular weight is 337 g/mol. The van der Waals surface area contributed by atoms with E-state index in [0.29, 0.717) is 32.5 Å². The molecule has 3 fully saturated rings. The number of hydrogen-bond donors (Lipinski definition) is 2. The van der Waals surface area contributed by atoms with Crippen molar-refractivity contribution >= 4 is 17.9 Å². The molecule has 0 unspecified atom stereocenters. The van der Waals surface area contributed by atoms with Gasteiger partial charge < -0.3 is 20.2 Å². The number of carboxylic acids is 1. The number of likely N-dealkylation sites (tertiary alicyclic amines) is 2. The highest BCUT2D eigenvalue weighted by Gasteiger charge is 2.55. The third kappa shape index (κ3) is 3.21. The van der Waals surface area contributed by atoms with Crippen molar-refractivity contribution in [3.63, 3.8) is 0 Å². The maximum Gasteiger partial charge on any atom is 0.317 e. The summed E-state index contributed by atoms with van der Waals surface area (Å²) in [6, 6.07) is -0.239. The SMILES string of the molecule is O=C(CCNC(=O)N1C[C@@H]2CCC[C@@]2(C(=O)O)C1)N1CCCCC1. The van der Waals surface area contributed by atoms with Gasteiger partial charge in [0.05, 0.1) is 5.41 Å². The Balaban J connectivity index is 1.44. The summed E-state index contributed by atoms with van der Waals surface area (Å²) in [5.41, 5.74) is -0.749. The zero-order chi connectivity index (χ0) is 17.2. The van der Waals surface area contributed by atoms with Crippen molar-refractivity contribution in [1.29, 1.82) is 0 Å². The van der Waals surface area contributed by atoms with Crippen LogP contribution in [-0.4, -0.2) is 65.5 Å². The Bertz CT molecular complexity index is 518. The summed E-state index contributed by atoms with van der Waals surface area (Å²) in [4.78, 5) is 39.5. The number of urea groups is 1. The van der Waals surface area contributed by atoms with Crippen LogP contribution < -0.4 is 5.32 Å². The van der Waals surface area contributed by atoms with Gasteiger partial charge in [-0.15, -0.1) is 0 Å². The van der Waals surface area contributed by atoms with Crippen LogP contribution in [-0.2, 0) is 9.59 Å². The summed E-state index contributed by atoms with van der Waals surface area (Å²) < 4.78 is 0.